The van der Waals surface area contributed by atoms with Crippen LogP contribution in [0.4, 0.5) is 0 Å². The van der Waals surface area contributed by atoms with Gasteiger partial charge < -0.3 is 5.32 Å². The Morgan fingerprint density at radius 2 is 2.36 bits per heavy atom. The fraction of sp³-hybridized carbons (Fsp3) is 1.00. The summed E-state index contributed by atoms with van der Waals surface area (Å²) in [6.45, 7) is 7.18. The van der Waals surface area contributed by atoms with Gasteiger partial charge in [0, 0.05) is 30.1 Å². The van der Waals surface area contributed by atoms with E-state index in [9.17, 15) is 0 Å². The molecule has 1 N–H and O–H groups in total. The molecule has 0 amide bonds. The Kier molecular flexibility index (Phi) is 5.90. The topological polar surface area (TPSA) is 15.3 Å². The van der Waals surface area contributed by atoms with Crippen LogP contribution < -0.4 is 5.32 Å². The van der Waals surface area contributed by atoms with Crippen LogP contribution in [0.15, 0.2) is 0 Å². The maximum absolute atomic E-state index is 3.21. The predicted molar refractivity (Wildman–Crippen MR) is 66.1 cm³/mol. The lowest BCUT2D eigenvalue weighted by Gasteiger charge is -2.37. The minimum absolute atomic E-state index is 0.763. The van der Waals surface area contributed by atoms with Gasteiger partial charge in [0.2, 0.25) is 0 Å². The molecule has 0 aliphatic carbocycles. The summed E-state index contributed by atoms with van der Waals surface area (Å²) >= 11 is 2.10. The molecule has 2 unspecified atom stereocenters. The summed E-state index contributed by atoms with van der Waals surface area (Å²) in [5.74, 6) is 2.64. The number of hydrogen-bond acceptors (Lipinski definition) is 3. The fourth-order valence-electron chi connectivity index (χ4n) is 2.13. The fourth-order valence-corrected chi connectivity index (χ4v) is 3.17. The molecule has 1 saturated heterocycles. The Hall–Kier alpha value is 0.270. The molecule has 1 heterocycles. The van der Waals surface area contributed by atoms with Crippen LogP contribution in [0.1, 0.15) is 26.7 Å². The van der Waals surface area contributed by atoms with Gasteiger partial charge in [0.25, 0.3) is 0 Å². The van der Waals surface area contributed by atoms with Crippen molar-refractivity contribution in [1.29, 1.82) is 0 Å². The molecule has 0 saturated carbocycles. The maximum atomic E-state index is 3.21. The molecule has 3 heteroatoms. The molecule has 84 valence electrons. The summed E-state index contributed by atoms with van der Waals surface area (Å²) in [4.78, 5) is 2.67. The van der Waals surface area contributed by atoms with E-state index in [1.807, 2.05) is 7.05 Å². The van der Waals surface area contributed by atoms with Gasteiger partial charge in [-0.2, -0.15) is 11.8 Å². The van der Waals surface area contributed by atoms with Crippen molar-refractivity contribution < 1.29 is 0 Å². The molecule has 0 aromatic heterocycles. The zero-order chi connectivity index (χ0) is 10.4. The third-order valence-electron chi connectivity index (χ3n) is 3.03. The van der Waals surface area contributed by atoms with E-state index in [1.165, 1.54) is 30.9 Å². The summed E-state index contributed by atoms with van der Waals surface area (Å²) in [5.41, 5.74) is 0. The first-order valence-corrected chi connectivity index (χ1v) is 6.89. The maximum Gasteiger partial charge on any atom is 0.0161 e. The molecular weight excluding hydrogens is 192 g/mol. The van der Waals surface area contributed by atoms with Crippen LogP contribution in [0.5, 0.6) is 0 Å². The highest BCUT2D eigenvalue weighted by Gasteiger charge is 2.22. The Balaban J connectivity index is 2.23. The number of thioether (sulfide) groups is 1. The quantitative estimate of drug-likeness (QED) is 0.706. The van der Waals surface area contributed by atoms with Crippen LogP contribution in [-0.4, -0.2) is 48.6 Å². The first-order valence-electron chi connectivity index (χ1n) is 5.73. The molecule has 0 bridgehead atoms. The zero-order valence-corrected chi connectivity index (χ0v) is 10.6. The van der Waals surface area contributed by atoms with E-state index >= 15 is 0 Å². The smallest absolute Gasteiger partial charge is 0.0161 e. The molecule has 0 spiro atoms. The van der Waals surface area contributed by atoms with Crippen LogP contribution in [0, 0.1) is 0 Å². The lowest BCUT2D eigenvalue weighted by atomic mass is 10.1. The van der Waals surface area contributed by atoms with Gasteiger partial charge in [-0.05, 0) is 40.3 Å². The minimum Gasteiger partial charge on any atom is -0.320 e. The second-order valence-electron chi connectivity index (χ2n) is 4.26. The van der Waals surface area contributed by atoms with Crippen molar-refractivity contribution in [3.63, 3.8) is 0 Å². The van der Waals surface area contributed by atoms with E-state index in [1.54, 1.807) is 0 Å². The van der Waals surface area contributed by atoms with E-state index in [0.717, 1.165) is 18.6 Å². The molecule has 2 atom stereocenters. The third-order valence-corrected chi connectivity index (χ3v) is 4.22. The highest BCUT2D eigenvalue weighted by Crippen LogP contribution is 2.20. The molecule has 0 radical (unpaired) electrons. The van der Waals surface area contributed by atoms with Crippen molar-refractivity contribution in [3.05, 3.63) is 0 Å². The van der Waals surface area contributed by atoms with Gasteiger partial charge in [-0.1, -0.05) is 0 Å². The second-order valence-corrected chi connectivity index (χ2v) is 5.41. The highest BCUT2D eigenvalue weighted by atomic mass is 32.2. The number of rotatable bonds is 5. The first-order chi connectivity index (χ1) is 6.75. The number of nitrogens with zero attached hydrogens (tertiary/aromatic N) is 1. The van der Waals surface area contributed by atoms with Crippen LogP contribution in [0.2, 0.25) is 0 Å². The predicted octanol–water partition coefficient (Wildman–Crippen LogP) is 1.81. The van der Waals surface area contributed by atoms with Crippen LogP contribution in [0.3, 0.4) is 0 Å². The molecule has 0 aromatic rings. The summed E-state index contributed by atoms with van der Waals surface area (Å²) < 4.78 is 0. The molecule has 1 rings (SSSR count). The van der Waals surface area contributed by atoms with Gasteiger partial charge in [0.05, 0.1) is 0 Å². The third kappa shape index (κ3) is 3.79. The van der Waals surface area contributed by atoms with Crippen LogP contribution in [-0.2, 0) is 0 Å². The summed E-state index contributed by atoms with van der Waals surface area (Å²) in [5, 5.41) is 3.21. The summed E-state index contributed by atoms with van der Waals surface area (Å²) in [6.07, 6.45) is 2.63. The molecule has 0 aromatic carbocycles. The van der Waals surface area contributed by atoms with Crippen molar-refractivity contribution in [3.8, 4) is 0 Å². The highest BCUT2D eigenvalue weighted by molar-refractivity contribution is 7.99. The first kappa shape index (κ1) is 12.3. The van der Waals surface area contributed by atoms with Gasteiger partial charge in [0.1, 0.15) is 0 Å². The molecule has 1 fully saturated rings. The van der Waals surface area contributed by atoms with E-state index in [-0.39, 0.29) is 0 Å². The largest absolute Gasteiger partial charge is 0.320 e. The van der Waals surface area contributed by atoms with Gasteiger partial charge in [0.15, 0.2) is 0 Å². The van der Waals surface area contributed by atoms with E-state index < -0.39 is 0 Å². The Morgan fingerprint density at radius 1 is 1.57 bits per heavy atom. The molecule has 1 aliphatic heterocycles. The minimum atomic E-state index is 0.763. The van der Waals surface area contributed by atoms with Crippen molar-refractivity contribution in [2.24, 2.45) is 0 Å². The Bertz CT molecular complexity index is 152. The standard InChI is InChI=1S/C11H24N2S/c1-10(5-4-6-12-3)13-7-8-14-9-11(13)2/h10-12H,4-9H2,1-3H3. The van der Waals surface area contributed by atoms with Gasteiger partial charge in [-0.25, -0.2) is 0 Å². The Morgan fingerprint density at radius 3 is 3.00 bits per heavy atom. The van der Waals surface area contributed by atoms with Gasteiger partial charge in [-0.15, -0.1) is 0 Å². The molecule has 1 aliphatic rings. The molecular formula is C11H24N2S. The van der Waals surface area contributed by atoms with Crippen molar-refractivity contribution in [1.82, 2.24) is 10.2 Å². The summed E-state index contributed by atoms with van der Waals surface area (Å²) in [7, 11) is 2.03. The van der Waals surface area contributed by atoms with E-state index in [2.05, 4.69) is 35.8 Å². The molecule has 2 nitrogen and oxygen atoms in total. The SMILES string of the molecule is CNCCCC(C)N1CCSCC1C. The lowest BCUT2D eigenvalue weighted by molar-refractivity contribution is 0.163. The second kappa shape index (κ2) is 6.70. The normalized spacial score (nSPS) is 26.4. The number of hydrogen-bond donors (Lipinski definition) is 1. The number of nitrogens with one attached hydrogen (secondary N) is 1. The average molecular weight is 216 g/mol. The van der Waals surface area contributed by atoms with Crippen molar-refractivity contribution in [2.45, 2.75) is 38.8 Å². The van der Waals surface area contributed by atoms with Gasteiger partial charge >= 0.3 is 0 Å². The monoisotopic (exact) mass is 216 g/mol. The van der Waals surface area contributed by atoms with Crippen LogP contribution >= 0.6 is 11.8 Å². The van der Waals surface area contributed by atoms with Crippen LogP contribution in [0.25, 0.3) is 0 Å². The van der Waals surface area contributed by atoms with E-state index in [0.29, 0.717) is 0 Å². The van der Waals surface area contributed by atoms with E-state index in [4.69, 9.17) is 0 Å². The average Bonchev–Trinajstić information content (AvgIpc) is 2.18. The molecule has 14 heavy (non-hydrogen) atoms. The zero-order valence-electron chi connectivity index (χ0n) is 9.75. The Labute approximate surface area is 92.8 Å². The van der Waals surface area contributed by atoms with Gasteiger partial charge in [-0.3, -0.25) is 4.90 Å². The van der Waals surface area contributed by atoms with Crippen molar-refractivity contribution in [2.75, 3.05) is 31.6 Å². The van der Waals surface area contributed by atoms with Crippen molar-refractivity contribution >= 4 is 11.8 Å². The lowest BCUT2D eigenvalue weighted by Crippen LogP contribution is -2.45. The summed E-state index contributed by atoms with van der Waals surface area (Å²) in [6, 6.07) is 1.54.